The van der Waals surface area contributed by atoms with Crippen LogP contribution in [0.5, 0.6) is 0 Å². The quantitative estimate of drug-likeness (QED) is 0.539. The van der Waals surface area contributed by atoms with E-state index in [-0.39, 0.29) is 23.5 Å². The van der Waals surface area contributed by atoms with Gasteiger partial charge in [-0.05, 0) is 97.5 Å². The van der Waals surface area contributed by atoms with Crippen LogP contribution < -0.4 is 0 Å². The van der Waals surface area contributed by atoms with Crippen molar-refractivity contribution in [3.8, 4) is 0 Å². The first-order valence-electron chi connectivity index (χ1n) is 13.8. The van der Waals surface area contributed by atoms with Crippen molar-refractivity contribution < 1.29 is 20.1 Å². The van der Waals surface area contributed by atoms with E-state index >= 15 is 0 Å². The predicted octanol–water partition coefficient (Wildman–Crippen LogP) is 5.04. The Kier molecular flexibility index (Phi) is 5.56. The number of fused-ring (bicyclic) bond motifs is 5. The van der Waals surface area contributed by atoms with Crippen LogP contribution in [-0.2, 0) is 4.79 Å². The molecule has 0 bridgehead atoms. The monoisotopic (exact) mass is 458 g/mol. The van der Waals surface area contributed by atoms with Gasteiger partial charge in [-0.3, -0.25) is 4.79 Å². The minimum absolute atomic E-state index is 0.0355. The van der Waals surface area contributed by atoms with Gasteiger partial charge in [-0.2, -0.15) is 0 Å². The first-order valence-corrected chi connectivity index (χ1v) is 13.8. The van der Waals surface area contributed by atoms with Crippen LogP contribution in [0.4, 0.5) is 0 Å². The molecule has 0 aliphatic heterocycles. The van der Waals surface area contributed by atoms with Crippen LogP contribution >= 0.6 is 0 Å². The summed E-state index contributed by atoms with van der Waals surface area (Å²) in [7, 11) is 0. The predicted molar refractivity (Wildman–Crippen MR) is 129 cm³/mol. The van der Waals surface area contributed by atoms with Crippen LogP contribution in [0.25, 0.3) is 0 Å². The van der Waals surface area contributed by atoms with Crippen molar-refractivity contribution in [1.82, 2.24) is 0 Å². The molecule has 4 fully saturated rings. The van der Waals surface area contributed by atoms with Crippen LogP contribution in [0, 0.1) is 46.3 Å². The Morgan fingerprint density at radius 3 is 2.33 bits per heavy atom. The first-order chi connectivity index (χ1) is 15.4. The minimum atomic E-state index is -1.67. The molecule has 0 spiro atoms. The maximum atomic E-state index is 13.3. The van der Waals surface area contributed by atoms with E-state index in [1.165, 1.54) is 19.3 Å². The molecular formula is C29H46O4. The van der Waals surface area contributed by atoms with Gasteiger partial charge in [0.2, 0.25) is 0 Å². The van der Waals surface area contributed by atoms with Gasteiger partial charge in [-0.1, -0.05) is 47.5 Å². The highest BCUT2D eigenvalue weighted by Gasteiger charge is 2.71. The fourth-order valence-electron chi connectivity index (χ4n) is 9.36. The molecule has 4 heteroatoms. The van der Waals surface area contributed by atoms with Crippen molar-refractivity contribution in [3.05, 3.63) is 11.6 Å². The zero-order valence-electron chi connectivity index (χ0n) is 21.4. The van der Waals surface area contributed by atoms with Crippen LogP contribution in [0.1, 0.15) is 98.8 Å². The van der Waals surface area contributed by atoms with E-state index in [1.54, 1.807) is 6.08 Å². The van der Waals surface area contributed by atoms with Gasteiger partial charge >= 0.3 is 0 Å². The molecule has 11 atom stereocenters. The molecule has 5 aliphatic rings. The molecule has 5 aliphatic carbocycles. The lowest BCUT2D eigenvalue weighted by atomic mass is 9.43. The highest BCUT2D eigenvalue weighted by Crippen LogP contribution is 2.68. The largest absolute Gasteiger partial charge is 0.393 e. The zero-order chi connectivity index (χ0) is 24.0. The molecule has 4 saturated carbocycles. The lowest BCUT2D eigenvalue weighted by Crippen LogP contribution is -2.71. The van der Waals surface area contributed by atoms with Crippen LogP contribution in [0.2, 0.25) is 0 Å². The van der Waals surface area contributed by atoms with Crippen LogP contribution in [-0.4, -0.2) is 38.4 Å². The maximum Gasteiger partial charge on any atom is 0.188 e. The van der Waals surface area contributed by atoms with Crippen molar-refractivity contribution in [3.63, 3.8) is 0 Å². The molecule has 0 heterocycles. The van der Waals surface area contributed by atoms with Crippen molar-refractivity contribution in [1.29, 1.82) is 0 Å². The van der Waals surface area contributed by atoms with Gasteiger partial charge in [0, 0.05) is 11.8 Å². The van der Waals surface area contributed by atoms with E-state index in [1.807, 2.05) is 6.92 Å². The van der Waals surface area contributed by atoms with Gasteiger partial charge in [0.05, 0.1) is 11.7 Å². The fourth-order valence-corrected chi connectivity index (χ4v) is 9.36. The number of aliphatic hydroxyl groups excluding tert-OH is 1. The second-order valence-electron chi connectivity index (χ2n) is 13.6. The van der Waals surface area contributed by atoms with E-state index in [0.717, 1.165) is 42.6 Å². The number of hydrogen-bond acceptors (Lipinski definition) is 4. The number of ketones is 1. The summed E-state index contributed by atoms with van der Waals surface area (Å²) in [6.07, 6.45) is 9.70. The third-order valence-electron chi connectivity index (χ3n) is 12.0. The maximum absolute atomic E-state index is 13.3. The molecule has 0 aromatic heterocycles. The summed E-state index contributed by atoms with van der Waals surface area (Å²) in [5, 5.41) is 34.0. The van der Waals surface area contributed by atoms with Gasteiger partial charge in [0.1, 0.15) is 5.60 Å². The van der Waals surface area contributed by atoms with Gasteiger partial charge in [0.15, 0.2) is 5.78 Å². The molecule has 0 aromatic carbocycles. The normalized spacial score (nSPS) is 52.9. The number of aliphatic hydroxyl groups is 3. The Labute approximate surface area is 200 Å². The molecule has 3 N–H and O–H groups in total. The van der Waals surface area contributed by atoms with Crippen LogP contribution in [0.3, 0.4) is 0 Å². The highest BCUT2D eigenvalue weighted by molar-refractivity contribution is 6.00. The summed E-state index contributed by atoms with van der Waals surface area (Å²) in [6.45, 7) is 11.6. The zero-order valence-corrected chi connectivity index (χ0v) is 21.4. The van der Waals surface area contributed by atoms with E-state index in [9.17, 15) is 20.1 Å². The molecule has 0 radical (unpaired) electrons. The number of rotatable bonds is 5. The molecule has 0 unspecified atom stereocenters. The molecule has 0 aromatic rings. The smallest absolute Gasteiger partial charge is 0.188 e. The van der Waals surface area contributed by atoms with Gasteiger partial charge in [-0.15, -0.1) is 0 Å². The summed E-state index contributed by atoms with van der Waals surface area (Å²) >= 11 is 0. The third kappa shape index (κ3) is 3.22. The van der Waals surface area contributed by atoms with Gasteiger partial charge in [0.25, 0.3) is 0 Å². The van der Waals surface area contributed by atoms with Gasteiger partial charge in [-0.25, -0.2) is 0 Å². The average molecular weight is 459 g/mol. The van der Waals surface area contributed by atoms with E-state index in [0.29, 0.717) is 31.1 Å². The van der Waals surface area contributed by atoms with Crippen molar-refractivity contribution in [2.45, 2.75) is 116 Å². The number of carbonyl (C=O) groups is 1. The lowest BCUT2D eigenvalue weighted by molar-refractivity contribution is -0.223. The second kappa shape index (κ2) is 7.64. The lowest BCUT2D eigenvalue weighted by Gasteiger charge is -2.63. The molecule has 186 valence electrons. The number of carbonyl (C=O) groups excluding carboxylic acids is 1. The topological polar surface area (TPSA) is 77.8 Å². The Balaban J connectivity index is 1.39. The standard InChI is InChI=1S/C29H46O4/c1-17(21-14-19(21)3)6-7-18(2)22-8-9-23-24-15-25(31)29(33)16-20(30)10-11-27(29,5)28(24,32)13-12-26(22,23)4/h15,17-23,30,32-33H,6-14,16H2,1-5H3/t17-,18-,19-,20+,21+,22-,23+,26-,27-,28-,29+/m1/s1. The molecule has 0 saturated heterocycles. The summed E-state index contributed by atoms with van der Waals surface area (Å²) < 4.78 is 0. The molecule has 0 amide bonds. The summed E-state index contributed by atoms with van der Waals surface area (Å²) in [4.78, 5) is 13.3. The van der Waals surface area contributed by atoms with Crippen molar-refractivity contribution >= 4 is 5.78 Å². The molecule has 33 heavy (non-hydrogen) atoms. The summed E-state index contributed by atoms with van der Waals surface area (Å²) in [5.41, 5.74) is -2.75. The Morgan fingerprint density at radius 1 is 1.00 bits per heavy atom. The minimum Gasteiger partial charge on any atom is -0.393 e. The van der Waals surface area contributed by atoms with Crippen LogP contribution in [0.15, 0.2) is 11.6 Å². The van der Waals surface area contributed by atoms with E-state index in [4.69, 9.17) is 0 Å². The summed E-state index contributed by atoms with van der Waals surface area (Å²) in [6, 6.07) is 0. The van der Waals surface area contributed by atoms with Crippen molar-refractivity contribution in [2.75, 3.05) is 0 Å². The van der Waals surface area contributed by atoms with Crippen molar-refractivity contribution in [2.24, 2.45) is 46.3 Å². The Morgan fingerprint density at radius 2 is 1.67 bits per heavy atom. The molecular weight excluding hydrogens is 412 g/mol. The average Bonchev–Trinajstić information content (AvgIpc) is 3.39. The SMILES string of the molecule is C[C@H](CC[C@@H](C)[C@H]1CC[C@H]2C3=CC(=O)[C@@]4(O)C[C@@H](O)CC[C@]4(C)[C@@]3(O)CC[C@]12C)[C@@H]1C[C@H]1C. The summed E-state index contributed by atoms with van der Waals surface area (Å²) in [5.74, 6) is 3.85. The molecule has 5 rings (SSSR count). The Hall–Kier alpha value is -0.710. The number of hydrogen-bond donors (Lipinski definition) is 3. The third-order valence-corrected chi connectivity index (χ3v) is 12.0. The second-order valence-corrected chi connectivity index (χ2v) is 13.6. The van der Waals surface area contributed by atoms with E-state index < -0.39 is 22.7 Å². The Bertz CT molecular complexity index is 851. The first kappa shape index (κ1) is 24.0. The highest BCUT2D eigenvalue weighted by atomic mass is 16.3. The molecule has 4 nitrogen and oxygen atoms in total. The van der Waals surface area contributed by atoms with E-state index in [2.05, 4.69) is 27.7 Å². The fraction of sp³-hybridized carbons (Fsp3) is 0.897. The van der Waals surface area contributed by atoms with Gasteiger partial charge < -0.3 is 15.3 Å².